The summed E-state index contributed by atoms with van der Waals surface area (Å²) in [5.74, 6) is 14.8. The fourth-order valence-electron chi connectivity index (χ4n) is 5.58. The normalized spacial score (nSPS) is 31.7. The largest absolute Gasteiger partial charge is 0.502 e. The zero-order chi connectivity index (χ0) is 25.6. The van der Waals surface area contributed by atoms with Crippen molar-refractivity contribution < 1.29 is 14.3 Å². The van der Waals surface area contributed by atoms with Crippen molar-refractivity contribution in [3.8, 4) is 35.8 Å². The van der Waals surface area contributed by atoms with Crippen molar-refractivity contribution in [1.29, 1.82) is 10.5 Å². The van der Waals surface area contributed by atoms with Crippen LogP contribution >= 0.6 is 0 Å². The zero-order valence-electron chi connectivity index (χ0n) is 21.6. The summed E-state index contributed by atoms with van der Waals surface area (Å²) in [5, 5.41) is 18.3. The molecule has 0 bridgehead atoms. The third-order valence-corrected chi connectivity index (χ3v) is 7.96. The van der Waals surface area contributed by atoms with E-state index in [9.17, 15) is 4.79 Å². The molecule has 5 nitrogen and oxygen atoms in total. The van der Waals surface area contributed by atoms with E-state index in [4.69, 9.17) is 20.0 Å². The third-order valence-electron chi connectivity index (χ3n) is 7.96. The van der Waals surface area contributed by atoms with Gasteiger partial charge in [-0.2, -0.15) is 10.5 Å². The van der Waals surface area contributed by atoms with Crippen LogP contribution < -0.4 is 0 Å². The first-order valence-corrected chi connectivity index (χ1v) is 13.8. The van der Waals surface area contributed by atoms with Gasteiger partial charge in [0.05, 0.1) is 37.5 Å². The lowest BCUT2D eigenvalue weighted by Crippen LogP contribution is -2.32. The summed E-state index contributed by atoms with van der Waals surface area (Å²) in [7, 11) is 0. The van der Waals surface area contributed by atoms with E-state index in [0.717, 1.165) is 77.0 Å². The first-order chi connectivity index (χ1) is 17.6. The zero-order valence-corrected chi connectivity index (χ0v) is 21.6. The summed E-state index contributed by atoms with van der Waals surface area (Å²) in [4.78, 5) is 13.1. The van der Waals surface area contributed by atoms with Crippen molar-refractivity contribution in [3.05, 3.63) is 12.8 Å². The van der Waals surface area contributed by atoms with Gasteiger partial charge in [-0.25, -0.2) is 0 Å². The first-order valence-electron chi connectivity index (χ1n) is 13.8. The van der Waals surface area contributed by atoms with Gasteiger partial charge in [-0.15, -0.1) is 0 Å². The van der Waals surface area contributed by atoms with Crippen molar-refractivity contribution in [1.82, 2.24) is 0 Å². The van der Waals surface area contributed by atoms with Gasteiger partial charge in [-0.3, -0.25) is 4.79 Å². The van der Waals surface area contributed by atoms with Gasteiger partial charge >= 0.3 is 5.97 Å². The lowest BCUT2D eigenvalue weighted by atomic mass is 9.73. The summed E-state index contributed by atoms with van der Waals surface area (Å²) in [6.07, 6.45) is 13.2. The number of nitrogens with zero attached hydrogens (tertiary/aromatic N) is 2. The second-order valence-corrected chi connectivity index (χ2v) is 10.6. The average Bonchev–Trinajstić information content (AvgIpc) is 2.93. The van der Waals surface area contributed by atoms with Crippen LogP contribution in [0.25, 0.3) is 0 Å². The van der Waals surface area contributed by atoms with Crippen LogP contribution in [0.15, 0.2) is 12.8 Å². The van der Waals surface area contributed by atoms with Crippen LogP contribution in [0.1, 0.15) is 83.5 Å². The van der Waals surface area contributed by atoms with Gasteiger partial charge in [0.25, 0.3) is 0 Å². The van der Waals surface area contributed by atoms with Crippen molar-refractivity contribution in [2.24, 2.45) is 41.4 Å². The smallest absolute Gasteiger partial charge is 0.310 e. The van der Waals surface area contributed by atoms with Crippen molar-refractivity contribution in [3.63, 3.8) is 0 Å². The number of carbonyl (C=O) groups is 1. The highest BCUT2D eigenvalue weighted by molar-refractivity contribution is 5.73. The second-order valence-electron chi connectivity index (χ2n) is 10.6. The number of ether oxygens (including phenoxy) is 2. The van der Waals surface area contributed by atoms with Gasteiger partial charge in [0, 0.05) is 35.5 Å². The van der Waals surface area contributed by atoms with Crippen molar-refractivity contribution in [2.45, 2.75) is 83.5 Å². The van der Waals surface area contributed by atoms with E-state index in [1.54, 1.807) is 0 Å². The number of unbranched alkanes of at least 4 members (excludes halogenated alkanes) is 1. The fraction of sp³-hybridized carbons (Fsp3) is 0.710. The summed E-state index contributed by atoms with van der Waals surface area (Å²) in [5.41, 5.74) is 0. The minimum absolute atomic E-state index is 0.0133. The molecule has 3 aliphatic rings. The second kappa shape index (κ2) is 15.3. The van der Waals surface area contributed by atoms with E-state index in [2.05, 4.69) is 42.4 Å². The minimum Gasteiger partial charge on any atom is -0.502 e. The van der Waals surface area contributed by atoms with Gasteiger partial charge in [0.1, 0.15) is 0 Å². The molecule has 3 aliphatic carbocycles. The van der Waals surface area contributed by atoms with Gasteiger partial charge in [0.15, 0.2) is 0 Å². The Morgan fingerprint density at radius 2 is 1.22 bits per heavy atom. The monoisotopic (exact) mass is 488 g/mol. The Kier molecular flexibility index (Phi) is 11.7. The highest BCUT2D eigenvalue weighted by Crippen LogP contribution is 2.36. The van der Waals surface area contributed by atoms with E-state index in [0.29, 0.717) is 31.5 Å². The van der Waals surface area contributed by atoms with Gasteiger partial charge in [-0.05, 0) is 83.5 Å². The Bertz CT molecular complexity index is 921. The van der Waals surface area contributed by atoms with Crippen LogP contribution in [-0.2, 0) is 14.3 Å². The van der Waals surface area contributed by atoms with E-state index in [-0.39, 0.29) is 35.6 Å². The van der Waals surface area contributed by atoms with Crippen LogP contribution in [0.3, 0.4) is 0 Å². The van der Waals surface area contributed by atoms with E-state index in [1.807, 2.05) is 0 Å². The van der Waals surface area contributed by atoms with Crippen LogP contribution in [0.5, 0.6) is 0 Å². The quantitative estimate of drug-likeness (QED) is 0.185. The van der Waals surface area contributed by atoms with Gasteiger partial charge in [0.2, 0.25) is 0 Å². The number of nitriles is 2. The molecule has 3 unspecified atom stereocenters. The molecule has 0 aromatic heterocycles. The van der Waals surface area contributed by atoms with Gasteiger partial charge < -0.3 is 9.47 Å². The van der Waals surface area contributed by atoms with E-state index in [1.165, 1.54) is 6.26 Å². The number of rotatable bonds is 7. The molecule has 0 spiro atoms. The average molecular weight is 489 g/mol. The Labute approximate surface area is 217 Å². The standard InChI is InChI=1S/C31H40N2O3/c1-2-35-19-3-4-20-36-31(34)30-21-26(10-5-24-6-11-27(22-32)12-7-24)16-18-29(30)17-15-25-8-13-28(23-33)14-9-25/h2,24-30H,1,3-4,6-9,11-14,16,18-21H2. The summed E-state index contributed by atoms with van der Waals surface area (Å²) < 4.78 is 10.8. The molecular weight excluding hydrogens is 448 g/mol. The molecule has 36 heavy (non-hydrogen) atoms. The highest BCUT2D eigenvalue weighted by atomic mass is 16.5. The minimum atomic E-state index is -0.236. The topological polar surface area (TPSA) is 83.1 Å². The van der Waals surface area contributed by atoms with Gasteiger partial charge in [-0.1, -0.05) is 30.3 Å². The number of esters is 1. The fourth-order valence-corrected chi connectivity index (χ4v) is 5.58. The lowest BCUT2D eigenvalue weighted by molar-refractivity contribution is -0.151. The van der Waals surface area contributed by atoms with Crippen molar-refractivity contribution in [2.75, 3.05) is 13.2 Å². The molecule has 0 aromatic carbocycles. The molecule has 3 atom stereocenters. The maximum Gasteiger partial charge on any atom is 0.310 e. The molecule has 0 heterocycles. The molecular formula is C31H40N2O3. The van der Waals surface area contributed by atoms with Crippen molar-refractivity contribution >= 4 is 5.97 Å². The molecule has 0 N–H and O–H groups in total. The summed E-state index contributed by atoms with van der Waals surface area (Å²) in [6, 6.07) is 4.77. The van der Waals surface area contributed by atoms with Crippen LogP contribution in [0.2, 0.25) is 0 Å². The Hall–Kier alpha value is -2.89. The Morgan fingerprint density at radius 1 is 0.722 bits per heavy atom. The van der Waals surface area contributed by atoms with E-state index >= 15 is 0 Å². The molecule has 192 valence electrons. The highest BCUT2D eigenvalue weighted by Gasteiger charge is 2.35. The predicted molar refractivity (Wildman–Crippen MR) is 138 cm³/mol. The SMILES string of the molecule is C=COCCCCOC(=O)C1CC(C#CC2CCC(C#N)CC2)CCC1C#CC1CCC(C#N)CC1. The summed E-state index contributed by atoms with van der Waals surface area (Å²) in [6.45, 7) is 4.52. The molecule has 0 saturated heterocycles. The van der Waals surface area contributed by atoms with Crippen LogP contribution in [-0.4, -0.2) is 19.2 Å². The van der Waals surface area contributed by atoms with Crippen LogP contribution in [0, 0.1) is 87.8 Å². The molecule has 0 amide bonds. The first kappa shape index (κ1) is 27.7. The number of hydrogen-bond acceptors (Lipinski definition) is 5. The van der Waals surface area contributed by atoms with E-state index < -0.39 is 0 Å². The molecule has 0 aromatic rings. The molecule has 3 rings (SSSR count). The molecule has 5 heteroatoms. The maximum atomic E-state index is 13.1. The summed E-state index contributed by atoms with van der Waals surface area (Å²) >= 11 is 0. The molecule has 0 radical (unpaired) electrons. The Balaban J connectivity index is 1.58. The molecule has 0 aliphatic heterocycles. The molecule has 3 fully saturated rings. The number of carbonyl (C=O) groups excluding carboxylic acids is 1. The maximum absolute atomic E-state index is 13.1. The molecule has 3 saturated carbocycles. The predicted octanol–water partition coefficient (Wildman–Crippen LogP) is 6.17. The third kappa shape index (κ3) is 8.96. The lowest BCUT2D eigenvalue weighted by Gasteiger charge is -2.30. The Morgan fingerprint density at radius 3 is 1.81 bits per heavy atom. The van der Waals surface area contributed by atoms with Crippen LogP contribution in [0.4, 0.5) is 0 Å². The number of hydrogen-bond donors (Lipinski definition) is 0.